The van der Waals surface area contributed by atoms with E-state index in [2.05, 4.69) is 10.6 Å². The molecule has 36 heavy (non-hydrogen) atoms. The first kappa shape index (κ1) is 28.9. The van der Waals surface area contributed by atoms with Crippen molar-refractivity contribution in [2.75, 3.05) is 13.2 Å². The summed E-state index contributed by atoms with van der Waals surface area (Å²) in [7, 11) is 0. The fourth-order valence-corrected chi connectivity index (χ4v) is 4.18. The van der Waals surface area contributed by atoms with Gasteiger partial charge in [-0.05, 0) is 51.3 Å². The predicted molar refractivity (Wildman–Crippen MR) is 132 cm³/mol. The summed E-state index contributed by atoms with van der Waals surface area (Å²) < 4.78 is 5.22. The number of benzene rings is 1. The van der Waals surface area contributed by atoms with Crippen molar-refractivity contribution in [1.82, 2.24) is 15.5 Å². The third-order valence-corrected chi connectivity index (χ3v) is 5.74. The molecule has 0 spiro atoms. The summed E-state index contributed by atoms with van der Waals surface area (Å²) >= 11 is 0. The zero-order valence-electron chi connectivity index (χ0n) is 21.2. The Morgan fingerprint density at radius 3 is 2.25 bits per heavy atom. The molecule has 2 unspecified atom stereocenters. The van der Waals surface area contributed by atoms with E-state index in [9.17, 15) is 29.4 Å². The molecule has 0 saturated heterocycles. The fourth-order valence-electron chi connectivity index (χ4n) is 4.18. The number of alkyl carbamates (subject to hydrolysis) is 1. The molecule has 4 amide bonds. The van der Waals surface area contributed by atoms with Gasteiger partial charge in [0.05, 0.1) is 13.0 Å². The van der Waals surface area contributed by atoms with Crippen LogP contribution in [0.3, 0.4) is 0 Å². The lowest BCUT2D eigenvalue weighted by Crippen LogP contribution is -2.55. The van der Waals surface area contributed by atoms with Gasteiger partial charge in [0.1, 0.15) is 23.4 Å². The van der Waals surface area contributed by atoms with E-state index >= 15 is 0 Å². The number of carbonyl (C=O) groups excluding carboxylic acids is 4. The van der Waals surface area contributed by atoms with E-state index < -0.39 is 54.5 Å². The molecule has 1 aromatic rings. The first-order chi connectivity index (χ1) is 16.9. The highest BCUT2D eigenvalue weighted by atomic mass is 16.6. The van der Waals surface area contributed by atoms with Crippen LogP contribution >= 0.6 is 0 Å². The first-order valence-corrected chi connectivity index (χ1v) is 12.2. The third-order valence-electron chi connectivity index (χ3n) is 5.74. The maximum Gasteiger partial charge on any atom is 0.408 e. The molecule has 0 aliphatic heterocycles. The summed E-state index contributed by atoms with van der Waals surface area (Å²) in [6, 6.07) is 3.10. The number of amides is 4. The van der Waals surface area contributed by atoms with Crippen molar-refractivity contribution in [3.05, 3.63) is 29.8 Å². The minimum atomic E-state index is -1.43. The van der Waals surface area contributed by atoms with Crippen LogP contribution in [0.2, 0.25) is 0 Å². The van der Waals surface area contributed by atoms with Gasteiger partial charge in [-0.3, -0.25) is 14.4 Å². The van der Waals surface area contributed by atoms with Crippen LogP contribution in [0.25, 0.3) is 0 Å². The lowest BCUT2D eigenvalue weighted by atomic mass is 9.94. The number of nitrogens with one attached hydrogen (secondary N) is 2. The highest BCUT2D eigenvalue weighted by molar-refractivity contribution is 5.94. The average molecular weight is 507 g/mol. The maximum absolute atomic E-state index is 13.7. The predicted octanol–water partition coefficient (Wildman–Crippen LogP) is 1.47. The second kappa shape index (κ2) is 13.1. The number of hydrogen-bond acceptors (Lipinski definition) is 7. The van der Waals surface area contributed by atoms with E-state index in [1.54, 1.807) is 20.8 Å². The zero-order valence-corrected chi connectivity index (χ0v) is 21.2. The van der Waals surface area contributed by atoms with Gasteiger partial charge in [-0.1, -0.05) is 31.4 Å². The van der Waals surface area contributed by atoms with E-state index in [-0.39, 0.29) is 18.3 Å². The van der Waals surface area contributed by atoms with Gasteiger partial charge in [0.2, 0.25) is 17.7 Å². The fraction of sp³-hybridized carbons (Fsp3) is 0.600. The second-order valence-electron chi connectivity index (χ2n) is 9.96. The number of carbonyl (C=O) groups is 4. The topological polar surface area (TPSA) is 171 Å². The molecule has 1 aromatic carbocycles. The highest BCUT2D eigenvalue weighted by Crippen LogP contribution is 2.26. The number of hydrogen-bond donors (Lipinski definition) is 5. The normalized spacial score (nSPS) is 15.9. The molecule has 2 rings (SSSR count). The van der Waals surface area contributed by atoms with Gasteiger partial charge in [-0.2, -0.15) is 0 Å². The van der Waals surface area contributed by atoms with Crippen LogP contribution in [-0.4, -0.2) is 69.8 Å². The van der Waals surface area contributed by atoms with Crippen LogP contribution in [-0.2, 0) is 19.1 Å². The SMILES string of the molecule is CC(C)(C)OC(=O)NC(CC(N)=O)C(=O)N(CCO)C(C(=O)NC1CCCCC1)c1ccc(O)cc1. The molecule has 1 saturated carbocycles. The second-order valence-corrected chi connectivity index (χ2v) is 9.96. The van der Waals surface area contributed by atoms with E-state index in [1.807, 2.05) is 0 Å². The number of nitrogens with zero attached hydrogens (tertiary/aromatic N) is 1. The maximum atomic E-state index is 13.7. The minimum absolute atomic E-state index is 0.0246. The third kappa shape index (κ3) is 9.03. The standard InChI is InChI=1S/C25H38N4O7/c1-25(2,3)36-24(35)28-19(15-20(26)32)23(34)29(13-14-30)21(16-9-11-18(31)12-10-16)22(33)27-17-7-5-4-6-8-17/h9-12,17,19,21,30-31H,4-8,13-15H2,1-3H3,(H2,26,32)(H,27,33)(H,28,35). The molecular formula is C25H38N4O7. The summed E-state index contributed by atoms with van der Waals surface area (Å²) in [6.45, 7) is 4.20. The molecule has 1 aliphatic carbocycles. The van der Waals surface area contributed by atoms with Gasteiger partial charge in [-0.15, -0.1) is 0 Å². The lowest BCUT2D eigenvalue weighted by molar-refractivity contribution is -0.144. The van der Waals surface area contributed by atoms with Crippen LogP contribution in [0.5, 0.6) is 5.75 Å². The number of aliphatic hydroxyl groups excluding tert-OH is 1. The molecule has 0 radical (unpaired) electrons. The number of aromatic hydroxyl groups is 1. The number of phenolic OH excluding ortho intramolecular Hbond substituents is 1. The van der Waals surface area contributed by atoms with Crippen molar-refractivity contribution in [3.63, 3.8) is 0 Å². The van der Waals surface area contributed by atoms with Gasteiger partial charge < -0.3 is 36.2 Å². The molecule has 6 N–H and O–H groups in total. The van der Waals surface area contributed by atoms with Crippen LogP contribution in [0.4, 0.5) is 4.79 Å². The van der Waals surface area contributed by atoms with Crippen LogP contribution in [0.15, 0.2) is 24.3 Å². The Labute approximate surface area is 211 Å². The molecule has 1 fully saturated rings. The molecule has 200 valence electrons. The van der Waals surface area contributed by atoms with Crippen molar-refractivity contribution in [3.8, 4) is 5.75 Å². The van der Waals surface area contributed by atoms with E-state index in [0.717, 1.165) is 37.0 Å². The molecule has 0 heterocycles. The summed E-state index contributed by atoms with van der Waals surface area (Å²) in [6.07, 6.45) is 3.21. The Morgan fingerprint density at radius 1 is 1.11 bits per heavy atom. The quantitative estimate of drug-likeness (QED) is 0.320. The lowest BCUT2D eigenvalue weighted by Gasteiger charge is -2.35. The van der Waals surface area contributed by atoms with Crippen molar-refractivity contribution in [1.29, 1.82) is 0 Å². The number of rotatable bonds is 10. The van der Waals surface area contributed by atoms with Gasteiger partial charge >= 0.3 is 6.09 Å². The minimum Gasteiger partial charge on any atom is -0.508 e. The smallest absolute Gasteiger partial charge is 0.408 e. The van der Waals surface area contributed by atoms with Crippen molar-refractivity contribution in [2.24, 2.45) is 5.73 Å². The molecule has 2 atom stereocenters. The Balaban J connectivity index is 2.41. The average Bonchev–Trinajstić information content (AvgIpc) is 2.78. The van der Waals surface area contributed by atoms with Gasteiger partial charge in [0.25, 0.3) is 0 Å². The zero-order chi connectivity index (χ0) is 26.9. The number of phenols is 1. The first-order valence-electron chi connectivity index (χ1n) is 12.2. The summed E-state index contributed by atoms with van der Waals surface area (Å²) in [4.78, 5) is 52.4. The number of nitrogens with two attached hydrogens (primary N) is 1. The van der Waals surface area contributed by atoms with Crippen LogP contribution in [0.1, 0.15) is 70.9 Å². The monoisotopic (exact) mass is 506 g/mol. The Kier molecular flexibility index (Phi) is 10.5. The molecule has 0 aromatic heterocycles. The Hall–Kier alpha value is -3.34. The molecule has 11 nitrogen and oxygen atoms in total. The van der Waals surface area contributed by atoms with Crippen LogP contribution < -0.4 is 16.4 Å². The van der Waals surface area contributed by atoms with Crippen molar-refractivity contribution < 1.29 is 34.1 Å². The Morgan fingerprint density at radius 2 is 1.72 bits per heavy atom. The highest BCUT2D eigenvalue weighted by Gasteiger charge is 2.37. The van der Waals surface area contributed by atoms with Crippen molar-refractivity contribution in [2.45, 2.75) is 83.0 Å². The summed E-state index contributed by atoms with van der Waals surface area (Å²) in [5, 5.41) is 24.9. The van der Waals surface area contributed by atoms with Gasteiger partial charge in [0.15, 0.2) is 0 Å². The Bertz CT molecular complexity index is 908. The summed E-state index contributed by atoms with van der Waals surface area (Å²) in [5.74, 6) is -2.13. The largest absolute Gasteiger partial charge is 0.508 e. The number of primary amides is 1. The van der Waals surface area contributed by atoms with Gasteiger partial charge in [-0.25, -0.2) is 4.79 Å². The number of ether oxygens (including phenoxy) is 1. The van der Waals surface area contributed by atoms with E-state index in [0.29, 0.717) is 5.56 Å². The molecule has 11 heteroatoms. The molecular weight excluding hydrogens is 468 g/mol. The van der Waals surface area contributed by atoms with E-state index in [1.165, 1.54) is 24.3 Å². The van der Waals surface area contributed by atoms with Crippen molar-refractivity contribution >= 4 is 23.8 Å². The summed E-state index contributed by atoms with van der Waals surface area (Å²) in [5.41, 5.74) is 4.87. The van der Waals surface area contributed by atoms with E-state index in [4.69, 9.17) is 10.5 Å². The number of aliphatic hydroxyl groups is 1. The van der Waals surface area contributed by atoms with Crippen LogP contribution in [0, 0.1) is 0 Å². The molecule has 0 bridgehead atoms. The molecule has 1 aliphatic rings. The van der Waals surface area contributed by atoms with Gasteiger partial charge in [0, 0.05) is 12.6 Å².